The van der Waals surface area contributed by atoms with E-state index < -0.39 is 0 Å². The summed E-state index contributed by atoms with van der Waals surface area (Å²) in [6.07, 6.45) is 11.0. The molecule has 0 aromatic heterocycles. The van der Waals surface area contributed by atoms with Gasteiger partial charge in [-0.2, -0.15) is 0 Å². The molecule has 2 aliphatic rings. The minimum atomic E-state index is 0.715. The summed E-state index contributed by atoms with van der Waals surface area (Å²) in [6.45, 7) is 1.02. The first-order valence-corrected chi connectivity index (χ1v) is 9.15. The van der Waals surface area contributed by atoms with Gasteiger partial charge >= 0.3 is 0 Å². The molecule has 2 fully saturated rings. The molecule has 1 nitrogen and oxygen atoms in total. The first-order valence-electron chi connectivity index (χ1n) is 8.39. The third-order valence-corrected chi connectivity index (χ3v) is 5.97. The highest BCUT2D eigenvalue weighted by Crippen LogP contribution is 2.40. The molecule has 0 saturated heterocycles. The predicted octanol–water partition coefficient (Wildman–Crippen LogP) is 5.48. The lowest BCUT2D eigenvalue weighted by Gasteiger charge is -2.39. The van der Waals surface area contributed by atoms with Gasteiger partial charge in [-0.05, 0) is 61.8 Å². The van der Waals surface area contributed by atoms with Crippen molar-refractivity contribution in [3.63, 3.8) is 0 Å². The second-order valence-corrected chi connectivity index (χ2v) is 7.60. The van der Waals surface area contributed by atoms with Gasteiger partial charge in [0.25, 0.3) is 0 Å². The van der Waals surface area contributed by atoms with Crippen molar-refractivity contribution in [2.24, 2.45) is 11.8 Å². The SMILES string of the molecule is Clc1ccc(CCNC2CCC3CCCCC3C2)c(Cl)c1. The Morgan fingerprint density at radius 1 is 1.00 bits per heavy atom. The number of fused-ring (bicyclic) bond motifs is 1. The van der Waals surface area contributed by atoms with Gasteiger partial charge in [-0.3, -0.25) is 0 Å². The Morgan fingerprint density at radius 2 is 1.81 bits per heavy atom. The average molecular weight is 326 g/mol. The molecule has 0 spiro atoms. The molecule has 21 heavy (non-hydrogen) atoms. The maximum atomic E-state index is 6.23. The van der Waals surface area contributed by atoms with E-state index in [9.17, 15) is 0 Å². The van der Waals surface area contributed by atoms with E-state index in [0.29, 0.717) is 5.02 Å². The molecule has 116 valence electrons. The number of benzene rings is 1. The molecular formula is C18H25Cl2N. The first-order chi connectivity index (χ1) is 10.2. The van der Waals surface area contributed by atoms with Crippen molar-refractivity contribution in [3.05, 3.63) is 33.8 Å². The fourth-order valence-corrected chi connectivity index (χ4v) is 4.70. The Hall–Kier alpha value is -0.240. The number of nitrogens with one attached hydrogen (secondary N) is 1. The third-order valence-electron chi connectivity index (χ3n) is 5.38. The lowest BCUT2D eigenvalue weighted by molar-refractivity contribution is 0.144. The Morgan fingerprint density at radius 3 is 2.62 bits per heavy atom. The van der Waals surface area contributed by atoms with Crippen LogP contribution in [0.15, 0.2) is 18.2 Å². The van der Waals surface area contributed by atoms with Gasteiger partial charge in [-0.25, -0.2) is 0 Å². The minimum absolute atomic E-state index is 0.715. The summed E-state index contributed by atoms with van der Waals surface area (Å²) in [5, 5.41) is 5.26. The third kappa shape index (κ3) is 4.15. The van der Waals surface area contributed by atoms with Crippen LogP contribution in [0.4, 0.5) is 0 Å². The molecule has 0 aliphatic heterocycles. The van der Waals surface area contributed by atoms with E-state index in [-0.39, 0.29) is 0 Å². The summed E-state index contributed by atoms with van der Waals surface area (Å²) < 4.78 is 0. The highest BCUT2D eigenvalue weighted by atomic mass is 35.5. The molecule has 0 heterocycles. The molecule has 0 amide bonds. The summed E-state index contributed by atoms with van der Waals surface area (Å²) in [4.78, 5) is 0. The number of halogens is 2. The van der Waals surface area contributed by atoms with E-state index in [4.69, 9.17) is 23.2 Å². The smallest absolute Gasteiger partial charge is 0.0453 e. The van der Waals surface area contributed by atoms with Crippen LogP contribution in [0.25, 0.3) is 0 Å². The van der Waals surface area contributed by atoms with Gasteiger partial charge < -0.3 is 5.32 Å². The summed E-state index contributed by atoms with van der Waals surface area (Å²) in [5.41, 5.74) is 1.19. The largest absolute Gasteiger partial charge is 0.314 e. The van der Waals surface area contributed by atoms with Crippen molar-refractivity contribution in [2.75, 3.05) is 6.54 Å². The maximum Gasteiger partial charge on any atom is 0.0453 e. The van der Waals surface area contributed by atoms with Gasteiger partial charge in [-0.1, -0.05) is 55.0 Å². The molecule has 2 saturated carbocycles. The normalized spacial score (nSPS) is 29.1. The van der Waals surface area contributed by atoms with Crippen LogP contribution in [-0.4, -0.2) is 12.6 Å². The molecule has 0 bridgehead atoms. The first kappa shape index (κ1) is 15.6. The van der Waals surface area contributed by atoms with Crippen molar-refractivity contribution in [2.45, 2.75) is 57.4 Å². The molecule has 3 rings (SSSR count). The Balaban J connectivity index is 1.45. The second-order valence-electron chi connectivity index (χ2n) is 6.75. The topological polar surface area (TPSA) is 12.0 Å². The Labute approximate surface area is 138 Å². The lowest BCUT2D eigenvalue weighted by Crippen LogP contribution is -2.39. The van der Waals surface area contributed by atoms with Crippen molar-refractivity contribution in [1.82, 2.24) is 5.32 Å². The molecule has 1 aromatic rings. The quantitative estimate of drug-likeness (QED) is 0.772. The van der Waals surface area contributed by atoms with Gasteiger partial charge in [0.05, 0.1) is 0 Å². The van der Waals surface area contributed by atoms with E-state index in [1.165, 1.54) is 50.5 Å². The van der Waals surface area contributed by atoms with Crippen molar-refractivity contribution in [1.29, 1.82) is 0 Å². The van der Waals surface area contributed by atoms with E-state index in [1.807, 2.05) is 18.2 Å². The summed E-state index contributed by atoms with van der Waals surface area (Å²) >= 11 is 12.2. The van der Waals surface area contributed by atoms with Crippen LogP contribution < -0.4 is 5.32 Å². The highest BCUT2D eigenvalue weighted by molar-refractivity contribution is 6.35. The van der Waals surface area contributed by atoms with Crippen molar-refractivity contribution < 1.29 is 0 Å². The van der Waals surface area contributed by atoms with Crippen LogP contribution in [0.5, 0.6) is 0 Å². The van der Waals surface area contributed by atoms with E-state index in [0.717, 1.165) is 35.9 Å². The van der Waals surface area contributed by atoms with Gasteiger partial charge in [-0.15, -0.1) is 0 Å². The van der Waals surface area contributed by atoms with Gasteiger partial charge in [0.1, 0.15) is 0 Å². The standard InChI is InChI=1S/C18H25Cl2N/c19-16-7-5-14(18(20)12-16)9-10-21-17-8-6-13-3-1-2-4-15(13)11-17/h5,7,12-13,15,17,21H,1-4,6,8-11H2. The molecule has 3 heteroatoms. The predicted molar refractivity (Wildman–Crippen MR) is 91.3 cm³/mol. The zero-order valence-electron chi connectivity index (χ0n) is 12.6. The van der Waals surface area contributed by atoms with Gasteiger partial charge in [0, 0.05) is 16.1 Å². The summed E-state index contributed by atoms with van der Waals surface area (Å²) in [6, 6.07) is 6.53. The molecular weight excluding hydrogens is 301 g/mol. The minimum Gasteiger partial charge on any atom is -0.314 e. The second kappa shape index (κ2) is 7.35. The van der Waals surface area contributed by atoms with Crippen LogP contribution in [-0.2, 0) is 6.42 Å². The number of rotatable bonds is 4. The highest BCUT2D eigenvalue weighted by Gasteiger charge is 2.31. The fraction of sp³-hybridized carbons (Fsp3) is 0.667. The molecule has 0 radical (unpaired) electrons. The van der Waals surface area contributed by atoms with Crippen LogP contribution in [0.2, 0.25) is 10.0 Å². The molecule has 1 N–H and O–H groups in total. The molecule has 3 atom stereocenters. The molecule has 2 aliphatic carbocycles. The average Bonchev–Trinajstić information content (AvgIpc) is 2.49. The Kier molecular flexibility index (Phi) is 5.48. The van der Waals surface area contributed by atoms with Gasteiger partial charge in [0.2, 0.25) is 0 Å². The number of hydrogen-bond acceptors (Lipinski definition) is 1. The zero-order valence-corrected chi connectivity index (χ0v) is 14.1. The van der Waals surface area contributed by atoms with E-state index in [1.54, 1.807) is 0 Å². The lowest BCUT2D eigenvalue weighted by atomic mass is 9.69. The van der Waals surface area contributed by atoms with Crippen LogP contribution in [0.1, 0.15) is 50.5 Å². The van der Waals surface area contributed by atoms with Crippen LogP contribution in [0, 0.1) is 11.8 Å². The summed E-state index contributed by atoms with van der Waals surface area (Å²) in [5.74, 6) is 2.02. The van der Waals surface area contributed by atoms with Crippen molar-refractivity contribution >= 4 is 23.2 Å². The zero-order chi connectivity index (χ0) is 14.7. The van der Waals surface area contributed by atoms with Crippen LogP contribution >= 0.6 is 23.2 Å². The molecule has 1 aromatic carbocycles. The Bertz CT molecular complexity index is 474. The van der Waals surface area contributed by atoms with Crippen LogP contribution in [0.3, 0.4) is 0 Å². The fourth-order valence-electron chi connectivity index (χ4n) is 4.19. The number of hydrogen-bond donors (Lipinski definition) is 1. The van der Waals surface area contributed by atoms with Gasteiger partial charge in [0.15, 0.2) is 0 Å². The van der Waals surface area contributed by atoms with E-state index >= 15 is 0 Å². The monoisotopic (exact) mass is 325 g/mol. The maximum absolute atomic E-state index is 6.23. The van der Waals surface area contributed by atoms with Crippen molar-refractivity contribution in [3.8, 4) is 0 Å². The van der Waals surface area contributed by atoms with E-state index in [2.05, 4.69) is 5.32 Å². The molecule has 3 unspecified atom stereocenters. The summed E-state index contributed by atoms with van der Waals surface area (Å²) in [7, 11) is 0.